The number of piperidine rings is 1. The van der Waals surface area contributed by atoms with Crippen molar-refractivity contribution in [3.05, 3.63) is 12.2 Å². The van der Waals surface area contributed by atoms with E-state index in [9.17, 15) is 4.79 Å². The lowest BCUT2D eigenvalue weighted by Crippen LogP contribution is -2.41. The Morgan fingerprint density at radius 2 is 2.36 bits per heavy atom. The quantitative estimate of drug-likeness (QED) is 0.484. The fraction of sp³-hybridized carbons (Fsp3) is 0.667. The predicted octanol–water partition coefficient (Wildman–Crippen LogP) is 1.57. The summed E-state index contributed by atoms with van der Waals surface area (Å²) in [6, 6.07) is 0.355. The molecule has 1 aliphatic rings. The third kappa shape index (κ3) is 1.82. The van der Waals surface area contributed by atoms with Gasteiger partial charge in [-0.2, -0.15) is 0 Å². The van der Waals surface area contributed by atoms with Crippen molar-refractivity contribution in [2.45, 2.75) is 32.7 Å². The fourth-order valence-corrected chi connectivity index (χ4v) is 1.60. The minimum Gasteiger partial charge on any atom is -0.340 e. The van der Waals surface area contributed by atoms with E-state index in [0.717, 1.165) is 19.4 Å². The smallest absolute Gasteiger partial charge is 0.219 e. The van der Waals surface area contributed by atoms with Crippen LogP contribution in [0.1, 0.15) is 26.7 Å². The zero-order valence-corrected chi connectivity index (χ0v) is 7.26. The summed E-state index contributed by atoms with van der Waals surface area (Å²) in [5.41, 5.74) is 1.27. The van der Waals surface area contributed by atoms with Gasteiger partial charge in [0, 0.05) is 19.5 Å². The van der Waals surface area contributed by atoms with Crippen molar-refractivity contribution in [1.82, 2.24) is 4.90 Å². The molecule has 1 atom stereocenters. The largest absolute Gasteiger partial charge is 0.340 e. The number of likely N-dealkylation sites (tertiary alicyclic amines) is 1. The Labute approximate surface area is 67.9 Å². The summed E-state index contributed by atoms with van der Waals surface area (Å²) in [5, 5.41) is 0. The van der Waals surface area contributed by atoms with Crippen molar-refractivity contribution in [3.63, 3.8) is 0 Å². The predicted molar refractivity (Wildman–Crippen MR) is 45.2 cm³/mol. The monoisotopic (exact) mass is 153 g/mol. The first-order chi connectivity index (χ1) is 5.11. The molecule has 62 valence electrons. The maximum absolute atomic E-state index is 11.0. The molecule has 1 heterocycles. The molecule has 2 heteroatoms. The fourth-order valence-electron chi connectivity index (χ4n) is 1.60. The number of carbonyl (C=O) groups excluding carboxylic acids is 1. The standard InChI is InChI=1S/C9H15NO/c1-7-4-5-10(9(3)11)8(2)6-7/h8H,1,4-6H2,2-3H3. The normalized spacial score (nSPS) is 25.5. The molecule has 1 saturated heterocycles. The van der Waals surface area contributed by atoms with Crippen LogP contribution in [0.4, 0.5) is 0 Å². The Balaban J connectivity index is 2.57. The molecule has 0 aromatic carbocycles. The van der Waals surface area contributed by atoms with E-state index in [1.165, 1.54) is 5.57 Å². The van der Waals surface area contributed by atoms with Crippen LogP contribution in [-0.2, 0) is 4.79 Å². The van der Waals surface area contributed by atoms with Crippen molar-refractivity contribution < 1.29 is 4.79 Å². The first-order valence-electron chi connectivity index (χ1n) is 4.05. The Kier molecular flexibility index (Phi) is 2.32. The molecule has 1 unspecified atom stereocenters. The molecule has 1 fully saturated rings. The van der Waals surface area contributed by atoms with Crippen LogP contribution in [-0.4, -0.2) is 23.4 Å². The summed E-state index contributed by atoms with van der Waals surface area (Å²) in [6.45, 7) is 8.48. The molecule has 1 rings (SSSR count). The zero-order valence-electron chi connectivity index (χ0n) is 7.26. The van der Waals surface area contributed by atoms with E-state index < -0.39 is 0 Å². The average Bonchev–Trinajstić information content (AvgIpc) is 1.85. The average molecular weight is 153 g/mol. The third-order valence-electron chi connectivity index (χ3n) is 2.23. The van der Waals surface area contributed by atoms with Gasteiger partial charge in [0.05, 0.1) is 0 Å². The third-order valence-corrected chi connectivity index (χ3v) is 2.23. The molecule has 1 amide bonds. The highest BCUT2D eigenvalue weighted by atomic mass is 16.2. The van der Waals surface area contributed by atoms with E-state index in [1.807, 2.05) is 4.90 Å². The van der Waals surface area contributed by atoms with Crippen molar-refractivity contribution in [2.75, 3.05) is 6.54 Å². The van der Waals surface area contributed by atoms with Crippen molar-refractivity contribution in [1.29, 1.82) is 0 Å². The second-order valence-corrected chi connectivity index (χ2v) is 3.27. The van der Waals surface area contributed by atoms with Crippen LogP contribution < -0.4 is 0 Å². The molecule has 0 spiro atoms. The molecule has 0 saturated carbocycles. The van der Waals surface area contributed by atoms with Gasteiger partial charge in [0.2, 0.25) is 5.91 Å². The lowest BCUT2D eigenvalue weighted by molar-refractivity contribution is -0.131. The summed E-state index contributed by atoms with van der Waals surface area (Å²) in [7, 11) is 0. The minimum absolute atomic E-state index is 0.185. The highest BCUT2D eigenvalue weighted by molar-refractivity contribution is 5.73. The Morgan fingerprint density at radius 1 is 1.73 bits per heavy atom. The molecular weight excluding hydrogens is 138 g/mol. The van der Waals surface area contributed by atoms with Crippen molar-refractivity contribution in [3.8, 4) is 0 Å². The van der Waals surface area contributed by atoms with E-state index in [4.69, 9.17) is 0 Å². The molecule has 0 aliphatic carbocycles. The topological polar surface area (TPSA) is 20.3 Å². The Hall–Kier alpha value is -0.790. The van der Waals surface area contributed by atoms with Gasteiger partial charge in [-0.3, -0.25) is 4.79 Å². The summed E-state index contributed by atoms with van der Waals surface area (Å²) >= 11 is 0. The second-order valence-electron chi connectivity index (χ2n) is 3.27. The van der Waals surface area contributed by atoms with Crippen molar-refractivity contribution in [2.24, 2.45) is 0 Å². The van der Waals surface area contributed by atoms with Crippen LogP contribution in [0.25, 0.3) is 0 Å². The number of hydrogen-bond donors (Lipinski definition) is 0. The van der Waals surface area contributed by atoms with Crippen LogP contribution in [0.15, 0.2) is 12.2 Å². The molecule has 0 aromatic rings. The maximum Gasteiger partial charge on any atom is 0.219 e. The highest BCUT2D eigenvalue weighted by Gasteiger charge is 2.21. The SMILES string of the molecule is C=C1CCN(C(C)=O)C(C)C1. The Morgan fingerprint density at radius 3 is 2.82 bits per heavy atom. The van der Waals surface area contributed by atoms with Gasteiger partial charge in [0.25, 0.3) is 0 Å². The first kappa shape index (κ1) is 8.31. The number of nitrogens with zero attached hydrogens (tertiary/aromatic N) is 1. The maximum atomic E-state index is 11.0. The summed E-state index contributed by atoms with van der Waals surface area (Å²) in [6.07, 6.45) is 1.95. The summed E-state index contributed by atoms with van der Waals surface area (Å²) in [4.78, 5) is 12.9. The molecule has 0 radical (unpaired) electrons. The number of hydrogen-bond acceptors (Lipinski definition) is 1. The minimum atomic E-state index is 0.185. The van der Waals surface area contributed by atoms with Gasteiger partial charge in [-0.15, -0.1) is 0 Å². The van der Waals surface area contributed by atoms with Gasteiger partial charge in [-0.1, -0.05) is 12.2 Å². The molecule has 1 aliphatic heterocycles. The van der Waals surface area contributed by atoms with Crippen LogP contribution in [0.2, 0.25) is 0 Å². The summed E-state index contributed by atoms with van der Waals surface area (Å²) in [5.74, 6) is 0.185. The number of amides is 1. The zero-order chi connectivity index (χ0) is 8.43. The van der Waals surface area contributed by atoms with E-state index in [-0.39, 0.29) is 5.91 Å². The van der Waals surface area contributed by atoms with Gasteiger partial charge < -0.3 is 4.90 Å². The van der Waals surface area contributed by atoms with E-state index in [0.29, 0.717) is 6.04 Å². The van der Waals surface area contributed by atoms with E-state index in [1.54, 1.807) is 6.92 Å². The van der Waals surface area contributed by atoms with Gasteiger partial charge in [0.1, 0.15) is 0 Å². The Bertz CT molecular complexity index is 186. The molecule has 0 aromatic heterocycles. The van der Waals surface area contributed by atoms with Gasteiger partial charge >= 0.3 is 0 Å². The lowest BCUT2D eigenvalue weighted by Gasteiger charge is -2.33. The second kappa shape index (κ2) is 3.07. The van der Waals surface area contributed by atoms with Crippen LogP contribution >= 0.6 is 0 Å². The van der Waals surface area contributed by atoms with Crippen LogP contribution in [0.3, 0.4) is 0 Å². The van der Waals surface area contributed by atoms with Crippen LogP contribution in [0, 0.1) is 0 Å². The molecule has 2 nitrogen and oxygen atoms in total. The summed E-state index contributed by atoms with van der Waals surface area (Å²) < 4.78 is 0. The van der Waals surface area contributed by atoms with Gasteiger partial charge in [0.15, 0.2) is 0 Å². The number of carbonyl (C=O) groups is 1. The lowest BCUT2D eigenvalue weighted by atomic mass is 9.99. The first-order valence-corrected chi connectivity index (χ1v) is 4.05. The molecule has 0 N–H and O–H groups in total. The van der Waals surface area contributed by atoms with E-state index in [2.05, 4.69) is 13.5 Å². The molecular formula is C9H15NO. The van der Waals surface area contributed by atoms with Crippen molar-refractivity contribution >= 4 is 5.91 Å². The van der Waals surface area contributed by atoms with Crippen LogP contribution in [0.5, 0.6) is 0 Å². The van der Waals surface area contributed by atoms with Gasteiger partial charge in [-0.05, 0) is 19.8 Å². The highest BCUT2D eigenvalue weighted by Crippen LogP contribution is 2.19. The number of rotatable bonds is 0. The molecule has 11 heavy (non-hydrogen) atoms. The van der Waals surface area contributed by atoms with Gasteiger partial charge in [-0.25, -0.2) is 0 Å². The van der Waals surface area contributed by atoms with E-state index >= 15 is 0 Å². The molecule has 0 bridgehead atoms.